The molecule has 0 saturated carbocycles. The Balaban J connectivity index is 2.47. The molecule has 5 heteroatoms. The van der Waals surface area contributed by atoms with Gasteiger partial charge in [-0.1, -0.05) is 0 Å². The van der Waals surface area contributed by atoms with Crippen molar-refractivity contribution in [1.82, 2.24) is 15.4 Å². The lowest BCUT2D eigenvalue weighted by Crippen LogP contribution is -2.37. The van der Waals surface area contributed by atoms with Crippen molar-refractivity contribution in [2.75, 3.05) is 0 Å². The van der Waals surface area contributed by atoms with E-state index >= 15 is 0 Å². The van der Waals surface area contributed by atoms with Crippen molar-refractivity contribution >= 4 is 6.29 Å². The second kappa shape index (κ2) is 3.85. The number of nitrogens with one attached hydrogen (secondary N) is 2. The van der Waals surface area contributed by atoms with Gasteiger partial charge in [-0.2, -0.15) is 0 Å². The molecule has 11 heavy (non-hydrogen) atoms. The number of hydrazine groups is 1. The van der Waals surface area contributed by atoms with Crippen LogP contribution in [0.1, 0.15) is 5.69 Å². The molecule has 1 radical (unpaired) electrons. The first-order valence-corrected chi connectivity index (χ1v) is 3.18. The van der Waals surface area contributed by atoms with Crippen LogP contribution in [0.4, 0.5) is 0 Å². The Morgan fingerprint density at radius 1 is 1.91 bits per heavy atom. The normalized spacial score (nSPS) is 12.8. The summed E-state index contributed by atoms with van der Waals surface area (Å²) in [4.78, 5) is 16.9. The lowest BCUT2D eigenvalue weighted by atomic mass is 10.2. The maximum atomic E-state index is 10.2. The van der Waals surface area contributed by atoms with Gasteiger partial charge in [0.05, 0.1) is 18.1 Å². The number of hydrogen-bond acceptors (Lipinski definition) is 4. The van der Waals surface area contributed by atoms with Gasteiger partial charge in [0.1, 0.15) is 0 Å². The van der Waals surface area contributed by atoms with E-state index in [0.29, 0.717) is 6.42 Å². The second-order valence-electron chi connectivity index (χ2n) is 2.10. The van der Waals surface area contributed by atoms with Gasteiger partial charge in [-0.05, 0) is 0 Å². The van der Waals surface area contributed by atoms with E-state index in [9.17, 15) is 4.79 Å². The first-order chi connectivity index (χ1) is 5.36. The van der Waals surface area contributed by atoms with Crippen LogP contribution in [-0.4, -0.2) is 22.3 Å². The Hall–Kier alpha value is -1.20. The van der Waals surface area contributed by atoms with E-state index < -0.39 is 6.04 Å². The number of H-pyrrole nitrogens is 1. The van der Waals surface area contributed by atoms with Crippen LogP contribution in [0.5, 0.6) is 0 Å². The molecule has 0 aliphatic carbocycles. The molecule has 4 N–H and O–H groups in total. The van der Waals surface area contributed by atoms with Gasteiger partial charge in [0, 0.05) is 12.6 Å². The highest BCUT2D eigenvalue weighted by Gasteiger charge is 2.07. The Bertz CT molecular complexity index is 208. The molecule has 0 bridgehead atoms. The van der Waals surface area contributed by atoms with Crippen molar-refractivity contribution in [3.05, 3.63) is 18.2 Å². The Labute approximate surface area is 64.0 Å². The molecule has 0 saturated heterocycles. The molecule has 0 aromatic carbocycles. The van der Waals surface area contributed by atoms with Crippen LogP contribution in [-0.2, 0) is 11.2 Å². The summed E-state index contributed by atoms with van der Waals surface area (Å²) in [6, 6.07) is -0.474. The summed E-state index contributed by atoms with van der Waals surface area (Å²) < 4.78 is 0. The topological polar surface area (TPSA) is 83.8 Å². The summed E-state index contributed by atoms with van der Waals surface area (Å²) in [6.45, 7) is 0. The minimum Gasteiger partial charge on any atom is -0.351 e. The van der Waals surface area contributed by atoms with Gasteiger partial charge in [0.15, 0.2) is 0 Å². The predicted molar refractivity (Wildman–Crippen MR) is 39.1 cm³/mol. The second-order valence-corrected chi connectivity index (χ2v) is 2.10. The molecular formula is C6H9N4O. The minimum absolute atomic E-state index is 0.462. The van der Waals surface area contributed by atoms with E-state index in [4.69, 9.17) is 5.84 Å². The smallest absolute Gasteiger partial charge is 0.218 e. The number of nitrogens with zero attached hydrogens (tertiary/aromatic N) is 1. The highest BCUT2D eigenvalue weighted by Crippen LogP contribution is 1.94. The molecule has 1 heterocycles. The zero-order valence-corrected chi connectivity index (χ0v) is 5.87. The van der Waals surface area contributed by atoms with Gasteiger partial charge in [-0.3, -0.25) is 10.6 Å². The molecule has 1 aromatic rings. The number of rotatable bonds is 4. The van der Waals surface area contributed by atoms with Gasteiger partial charge in [-0.25, -0.2) is 10.4 Å². The standard InChI is InChI=1S/C6H9N4O/c7-10-6(3-11)1-5-2-8-4-9-5/h2,4,6,10H,1,7H2,(H,8,9)/t6-/m0/s1. The van der Waals surface area contributed by atoms with Gasteiger partial charge >= 0.3 is 0 Å². The fourth-order valence-electron chi connectivity index (χ4n) is 0.746. The summed E-state index contributed by atoms with van der Waals surface area (Å²) in [6.07, 6.45) is 5.47. The van der Waals surface area contributed by atoms with Crippen LogP contribution in [0.3, 0.4) is 0 Å². The van der Waals surface area contributed by atoms with E-state index in [2.05, 4.69) is 15.4 Å². The minimum atomic E-state index is -0.474. The third-order valence-corrected chi connectivity index (χ3v) is 1.31. The largest absolute Gasteiger partial charge is 0.351 e. The zero-order chi connectivity index (χ0) is 8.10. The van der Waals surface area contributed by atoms with E-state index in [1.165, 1.54) is 0 Å². The van der Waals surface area contributed by atoms with Crippen LogP contribution >= 0.6 is 0 Å². The number of aromatic amines is 1. The molecule has 0 spiro atoms. The molecule has 0 amide bonds. The van der Waals surface area contributed by atoms with E-state index in [1.807, 2.05) is 0 Å². The quantitative estimate of drug-likeness (QED) is 0.378. The van der Waals surface area contributed by atoms with Crippen molar-refractivity contribution in [2.45, 2.75) is 12.5 Å². The monoisotopic (exact) mass is 153 g/mol. The molecule has 0 unspecified atom stereocenters. The van der Waals surface area contributed by atoms with Gasteiger partial charge in [-0.15, -0.1) is 0 Å². The predicted octanol–water partition coefficient (Wildman–Crippen LogP) is -1.11. The molecular weight excluding hydrogens is 144 g/mol. The molecule has 59 valence electrons. The van der Waals surface area contributed by atoms with Gasteiger partial charge < -0.3 is 4.98 Å². The molecule has 0 aliphatic heterocycles. The van der Waals surface area contributed by atoms with E-state index in [-0.39, 0.29) is 0 Å². The first-order valence-electron chi connectivity index (χ1n) is 3.18. The third-order valence-electron chi connectivity index (χ3n) is 1.31. The number of imidazole rings is 1. The van der Waals surface area contributed by atoms with Crippen LogP contribution in [0, 0.1) is 0 Å². The van der Waals surface area contributed by atoms with Gasteiger partial charge in [0.2, 0.25) is 6.29 Å². The summed E-state index contributed by atoms with van der Waals surface area (Å²) in [5.74, 6) is 5.05. The Morgan fingerprint density at radius 2 is 2.73 bits per heavy atom. The maximum absolute atomic E-state index is 10.2. The zero-order valence-electron chi connectivity index (χ0n) is 5.87. The average Bonchev–Trinajstić information content (AvgIpc) is 2.52. The summed E-state index contributed by atoms with van der Waals surface area (Å²) >= 11 is 0. The summed E-state index contributed by atoms with van der Waals surface area (Å²) in [5, 5.41) is 0. The van der Waals surface area contributed by atoms with Crippen LogP contribution < -0.4 is 11.3 Å². The molecule has 1 atom stereocenters. The highest BCUT2D eigenvalue weighted by molar-refractivity contribution is 5.58. The molecule has 5 nitrogen and oxygen atoms in total. The van der Waals surface area contributed by atoms with Crippen molar-refractivity contribution < 1.29 is 4.79 Å². The van der Waals surface area contributed by atoms with Crippen LogP contribution in [0.25, 0.3) is 0 Å². The summed E-state index contributed by atoms with van der Waals surface area (Å²) in [5.41, 5.74) is 3.10. The Kier molecular flexibility index (Phi) is 2.76. The lowest BCUT2D eigenvalue weighted by Gasteiger charge is -2.03. The van der Waals surface area contributed by atoms with Crippen molar-refractivity contribution in [3.8, 4) is 0 Å². The van der Waals surface area contributed by atoms with Crippen LogP contribution in [0.2, 0.25) is 0 Å². The molecule has 1 rings (SSSR count). The van der Waals surface area contributed by atoms with Crippen molar-refractivity contribution in [3.63, 3.8) is 0 Å². The van der Waals surface area contributed by atoms with Crippen molar-refractivity contribution in [1.29, 1.82) is 0 Å². The molecule has 0 fully saturated rings. The fraction of sp³-hybridized carbons (Fsp3) is 0.333. The molecule has 1 aromatic heterocycles. The number of carbonyl (C=O) groups excluding carboxylic acids is 1. The number of hydrogen-bond donors (Lipinski definition) is 3. The van der Waals surface area contributed by atoms with E-state index in [0.717, 1.165) is 5.69 Å². The first kappa shape index (κ1) is 7.90. The fourth-order valence-corrected chi connectivity index (χ4v) is 0.746. The number of nitrogens with two attached hydrogens (primary N) is 1. The van der Waals surface area contributed by atoms with Crippen LogP contribution in [0.15, 0.2) is 12.5 Å². The number of aromatic nitrogens is 2. The highest BCUT2D eigenvalue weighted by atomic mass is 16.1. The third kappa shape index (κ3) is 2.14. The van der Waals surface area contributed by atoms with Gasteiger partial charge in [0.25, 0.3) is 0 Å². The van der Waals surface area contributed by atoms with E-state index in [1.54, 1.807) is 18.8 Å². The van der Waals surface area contributed by atoms with Crippen molar-refractivity contribution in [2.24, 2.45) is 5.84 Å². The SMILES string of the molecule is NN[C@H]([C]=O)Cc1c[nH]cn1. The average molecular weight is 153 g/mol. The maximum Gasteiger partial charge on any atom is 0.218 e. The molecule has 0 aliphatic rings. The lowest BCUT2D eigenvalue weighted by molar-refractivity contribution is 0.516. The summed E-state index contributed by atoms with van der Waals surface area (Å²) in [7, 11) is 0. The Morgan fingerprint density at radius 3 is 3.18 bits per heavy atom.